The third-order valence-corrected chi connectivity index (χ3v) is 15.7. The maximum atomic E-state index is 2.56. The number of fused-ring (bicyclic) bond motifs is 2. The van der Waals surface area contributed by atoms with Crippen molar-refractivity contribution in [3.63, 3.8) is 0 Å². The summed E-state index contributed by atoms with van der Waals surface area (Å²) in [6.45, 7) is 29.3. The maximum Gasteiger partial charge on any atom is 0.100 e. The summed E-state index contributed by atoms with van der Waals surface area (Å²) in [7, 11) is 0. The van der Waals surface area contributed by atoms with Crippen LogP contribution >= 0.6 is 0 Å². The Morgan fingerprint density at radius 1 is 0.250 bits per heavy atom. The number of rotatable bonds is 8. The predicted octanol–water partition coefficient (Wildman–Crippen LogP) is 20.0. The first kappa shape index (κ1) is 50.3. The molecule has 0 bridgehead atoms. The molecule has 0 aromatic heterocycles. The van der Waals surface area contributed by atoms with Gasteiger partial charge in [0.25, 0.3) is 0 Å². The Morgan fingerprint density at radius 2 is 0.526 bits per heavy atom. The molecular weight excluding hydrogens is 921 g/mol. The first-order chi connectivity index (χ1) is 36.2. The third-order valence-electron chi connectivity index (χ3n) is 15.7. The number of para-hydroxylation sites is 6. The minimum absolute atomic E-state index is 0.0239. The smallest absolute Gasteiger partial charge is 0.100 e. The van der Waals surface area contributed by atoms with Gasteiger partial charge in [-0.1, -0.05) is 247 Å². The van der Waals surface area contributed by atoms with Crippen LogP contribution in [0.4, 0.5) is 45.5 Å². The lowest BCUT2D eigenvalue weighted by molar-refractivity contribution is 0.568. The van der Waals surface area contributed by atoms with E-state index in [0.29, 0.717) is 13.3 Å². The highest BCUT2D eigenvalue weighted by molar-refractivity contribution is 6.01. The van der Waals surface area contributed by atoms with Gasteiger partial charge in [-0.05, 0) is 109 Å². The van der Waals surface area contributed by atoms with Gasteiger partial charge in [0, 0.05) is 33.6 Å². The Kier molecular flexibility index (Phi) is 12.6. The van der Waals surface area contributed by atoms with Crippen molar-refractivity contribution in [2.45, 2.75) is 105 Å². The quantitative estimate of drug-likeness (QED) is 0.150. The van der Waals surface area contributed by atoms with Crippen LogP contribution in [0.3, 0.4) is 0 Å². The van der Waals surface area contributed by atoms with Gasteiger partial charge in [0.15, 0.2) is 0 Å². The van der Waals surface area contributed by atoms with Crippen molar-refractivity contribution in [1.82, 2.24) is 0 Å². The summed E-state index contributed by atoms with van der Waals surface area (Å²) >= 11 is 0. The van der Waals surface area contributed by atoms with E-state index in [-0.39, 0.29) is 21.7 Å². The second-order valence-electron chi connectivity index (χ2n) is 25.2. The molecule has 0 radical (unpaired) electrons. The highest BCUT2D eigenvalue weighted by atomic mass is 15.4. The molecule has 9 aromatic rings. The molecule has 0 spiro atoms. The summed E-state index contributed by atoms with van der Waals surface area (Å²) in [5, 5.41) is 0. The standard InChI is InChI=1S/C72H74N4/c1-69(2,3)53-40-51(41-54(44-53)70(4,5)6)61-34-24-32-59(49-26-15-13-16-27-49)67(61)75-47-73(63-36-19-21-38-65(63)75)57-30-23-31-58(46-57)74-48-76(66-39-22-20-37-64(66)74)68-60(50-28-17-14-18-29-50)33-25-35-62(68)52-42-55(71(7,8)9)45-56(43-52)72(10,11)12/h13-46H,47-48H2,1-12H3. The summed E-state index contributed by atoms with van der Waals surface area (Å²) in [5.74, 6) is 0. The molecule has 2 aliphatic heterocycles. The summed E-state index contributed by atoms with van der Waals surface area (Å²) in [6.07, 6.45) is 0. The third kappa shape index (κ3) is 9.48. The SMILES string of the molecule is CC(C)(C)c1cc(-c2cccc(-c3ccccc3)c2N2CN(c3cccc(N4CN(c5c(-c6ccccc6)cccc5-c5cc(C(C)(C)C)cc(C(C)(C)C)c5)c5ccccc54)c3)c3ccccc32)cc(C(C)(C)C)c1. The lowest BCUT2D eigenvalue weighted by atomic mass is 9.78. The topological polar surface area (TPSA) is 13.0 Å². The highest BCUT2D eigenvalue weighted by Gasteiger charge is 2.35. The first-order valence-electron chi connectivity index (χ1n) is 27.3. The minimum atomic E-state index is -0.0239. The molecule has 0 N–H and O–H groups in total. The summed E-state index contributed by atoms with van der Waals surface area (Å²) in [6, 6.07) is 77.4. The minimum Gasteiger partial charge on any atom is -0.321 e. The van der Waals surface area contributed by atoms with Gasteiger partial charge in [-0.25, -0.2) is 0 Å². The van der Waals surface area contributed by atoms with E-state index in [1.54, 1.807) is 0 Å². The van der Waals surface area contributed by atoms with E-state index in [2.05, 4.69) is 309 Å². The Bertz CT molecular complexity index is 3300. The van der Waals surface area contributed by atoms with Gasteiger partial charge >= 0.3 is 0 Å². The number of hydrogen-bond acceptors (Lipinski definition) is 4. The normalized spacial score (nSPS) is 13.8. The average Bonchev–Trinajstić information content (AvgIpc) is 4.03. The van der Waals surface area contributed by atoms with Crippen LogP contribution in [0.2, 0.25) is 0 Å². The average molecular weight is 995 g/mol. The van der Waals surface area contributed by atoms with Crippen LogP contribution in [-0.4, -0.2) is 13.3 Å². The van der Waals surface area contributed by atoms with E-state index in [0.717, 1.165) is 11.4 Å². The molecule has 4 heteroatoms. The summed E-state index contributed by atoms with van der Waals surface area (Å²) in [5.41, 5.74) is 24.5. The van der Waals surface area contributed by atoms with Crippen LogP contribution in [0.5, 0.6) is 0 Å². The van der Waals surface area contributed by atoms with Crippen molar-refractivity contribution in [3.05, 3.63) is 229 Å². The van der Waals surface area contributed by atoms with Crippen LogP contribution in [0.15, 0.2) is 206 Å². The Balaban J connectivity index is 1.03. The Hall–Kier alpha value is -7.82. The molecule has 9 aromatic carbocycles. The van der Waals surface area contributed by atoms with Crippen molar-refractivity contribution in [2.75, 3.05) is 32.9 Å². The molecule has 0 saturated carbocycles. The van der Waals surface area contributed by atoms with Gasteiger partial charge in [0.1, 0.15) is 13.3 Å². The van der Waals surface area contributed by atoms with E-state index in [1.165, 1.54) is 101 Å². The predicted molar refractivity (Wildman–Crippen MR) is 327 cm³/mol. The van der Waals surface area contributed by atoms with Gasteiger partial charge < -0.3 is 19.6 Å². The van der Waals surface area contributed by atoms with Crippen LogP contribution in [0.25, 0.3) is 44.5 Å². The van der Waals surface area contributed by atoms with E-state index < -0.39 is 0 Å². The van der Waals surface area contributed by atoms with Gasteiger partial charge in [0.05, 0.1) is 34.1 Å². The lowest BCUT2D eigenvalue weighted by Gasteiger charge is -2.30. The number of hydrogen-bond donors (Lipinski definition) is 0. The van der Waals surface area contributed by atoms with Crippen LogP contribution < -0.4 is 19.6 Å². The fourth-order valence-electron chi connectivity index (χ4n) is 11.2. The number of nitrogens with zero attached hydrogens (tertiary/aromatic N) is 4. The molecule has 4 nitrogen and oxygen atoms in total. The van der Waals surface area contributed by atoms with Gasteiger partial charge in [-0.2, -0.15) is 0 Å². The van der Waals surface area contributed by atoms with Crippen molar-refractivity contribution >= 4 is 45.5 Å². The van der Waals surface area contributed by atoms with Gasteiger partial charge in [-0.3, -0.25) is 0 Å². The van der Waals surface area contributed by atoms with Gasteiger partial charge in [0.2, 0.25) is 0 Å². The molecule has 0 unspecified atom stereocenters. The van der Waals surface area contributed by atoms with E-state index >= 15 is 0 Å². The maximum absolute atomic E-state index is 2.56. The van der Waals surface area contributed by atoms with Crippen LogP contribution in [0, 0.1) is 0 Å². The van der Waals surface area contributed by atoms with Crippen molar-refractivity contribution in [3.8, 4) is 44.5 Å². The highest BCUT2D eigenvalue weighted by Crippen LogP contribution is 2.54. The molecule has 0 saturated heterocycles. The number of anilines is 8. The zero-order chi connectivity index (χ0) is 53.3. The summed E-state index contributed by atoms with van der Waals surface area (Å²) < 4.78 is 0. The monoisotopic (exact) mass is 995 g/mol. The second kappa shape index (κ2) is 19.1. The molecule has 0 atom stereocenters. The molecular formula is C72H74N4. The molecule has 0 amide bonds. The fourth-order valence-corrected chi connectivity index (χ4v) is 11.2. The second-order valence-corrected chi connectivity index (χ2v) is 25.2. The molecule has 0 fully saturated rings. The van der Waals surface area contributed by atoms with Crippen LogP contribution in [-0.2, 0) is 21.7 Å². The fraction of sp³-hybridized carbons (Fsp3) is 0.250. The zero-order valence-electron chi connectivity index (χ0n) is 46.8. The molecule has 0 aliphatic carbocycles. The van der Waals surface area contributed by atoms with E-state index in [4.69, 9.17) is 0 Å². The van der Waals surface area contributed by atoms with Crippen molar-refractivity contribution in [1.29, 1.82) is 0 Å². The number of benzene rings is 9. The van der Waals surface area contributed by atoms with E-state index in [1.807, 2.05) is 0 Å². The van der Waals surface area contributed by atoms with E-state index in [9.17, 15) is 0 Å². The zero-order valence-corrected chi connectivity index (χ0v) is 46.8. The first-order valence-corrected chi connectivity index (χ1v) is 27.3. The lowest BCUT2D eigenvalue weighted by Crippen LogP contribution is -2.26. The largest absolute Gasteiger partial charge is 0.321 e. The Morgan fingerprint density at radius 3 is 0.842 bits per heavy atom. The molecule has 382 valence electrons. The van der Waals surface area contributed by atoms with Crippen molar-refractivity contribution < 1.29 is 0 Å². The van der Waals surface area contributed by atoms with Crippen molar-refractivity contribution in [2.24, 2.45) is 0 Å². The molecule has 11 rings (SSSR count). The summed E-state index contributed by atoms with van der Waals surface area (Å²) in [4.78, 5) is 10.1. The molecule has 2 aliphatic rings. The van der Waals surface area contributed by atoms with Crippen LogP contribution in [0.1, 0.15) is 105 Å². The molecule has 2 heterocycles. The van der Waals surface area contributed by atoms with Gasteiger partial charge in [-0.15, -0.1) is 0 Å². The Labute approximate surface area is 453 Å². The molecule has 76 heavy (non-hydrogen) atoms.